The SMILES string of the molecule is O=C(CN1C(=O)C2CC=CCC2C1=O)OCC(=O)c1ccc(OC(=O)c2ccc(Cl)c(Cl)c2)cc1. The molecule has 10 heteroatoms. The summed E-state index contributed by atoms with van der Waals surface area (Å²) < 4.78 is 10.2. The van der Waals surface area contributed by atoms with E-state index in [9.17, 15) is 24.0 Å². The van der Waals surface area contributed by atoms with Crippen molar-refractivity contribution in [3.8, 4) is 5.75 Å². The first-order valence-electron chi connectivity index (χ1n) is 10.7. The van der Waals surface area contributed by atoms with Crippen LogP contribution in [0.3, 0.4) is 0 Å². The number of allylic oxidation sites excluding steroid dienone is 2. The molecule has 2 aromatic carbocycles. The number of carbonyl (C=O) groups excluding carboxylic acids is 5. The highest BCUT2D eigenvalue weighted by Gasteiger charge is 2.47. The minimum atomic E-state index is -0.848. The Balaban J connectivity index is 1.28. The smallest absolute Gasteiger partial charge is 0.343 e. The normalized spacial score (nSPS) is 18.9. The van der Waals surface area contributed by atoms with E-state index in [-0.39, 0.29) is 21.9 Å². The first kappa shape index (κ1) is 24.6. The molecule has 2 aromatic rings. The Bertz CT molecular complexity index is 1210. The van der Waals surface area contributed by atoms with Crippen LogP contribution in [0.15, 0.2) is 54.6 Å². The molecule has 2 unspecified atom stereocenters. The Kier molecular flexibility index (Phi) is 7.33. The fraction of sp³-hybridized carbons (Fsp3) is 0.240. The highest BCUT2D eigenvalue weighted by atomic mass is 35.5. The number of ether oxygens (including phenoxy) is 2. The Labute approximate surface area is 210 Å². The van der Waals surface area contributed by atoms with Crippen molar-refractivity contribution in [2.45, 2.75) is 12.8 Å². The minimum Gasteiger partial charge on any atom is -0.456 e. The Morgan fingerprint density at radius 3 is 2.06 bits per heavy atom. The lowest BCUT2D eigenvalue weighted by Crippen LogP contribution is -2.37. The van der Waals surface area contributed by atoms with Gasteiger partial charge >= 0.3 is 11.9 Å². The van der Waals surface area contributed by atoms with Gasteiger partial charge in [-0.15, -0.1) is 0 Å². The Morgan fingerprint density at radius 1 is 0.857 bits per heavy atom. The molecular formula is C25H19Cl2NO7. The number of ketones is 1. The van der Waals surface area contributed by atoms with Gasteiger partial charge < -0.3 is 9.47 Å². The summed E-state index contributed by atoms with van der Waals surface area (Å²) in [7, 11) is 0. The number of benzene rings is 2. The zero-order chi connectivity index (χ0) is 25.1. The van der Waals surface area contributed by atoms with Gasteiger partial charge in [0.25, 0.3) is 0 Å². The van der Waals surface area contributed by atoms with Crippen LogP contribution in [0.1, 0.15) is 33.6 Å². The second-order valence-electron chi connectivity index (χ2n) is 8.05. The van der Waals surface area contributed by atoms with Crippen LogP contribution in [-0.2, 0) is 19.1 Å². The van der Waals surface area contributed by atoms with Gasteiger partial charge in [-0.3, -0.25) is 24.1 Å². The highest BCUT2D eigenvalue weighted by molar-refractivity contribution is 6.42. The molecule has 0 bridgehead atoms. The number of hydrogen-bond acceptors (Lipinski definition) is 7. The molecule has 4 rings (SSSR count). The van der Waals surface area contributed by atoms with Gasteiger partial charge in [-0.1, -0.05) is 35.4 Å². The van der Waals surface area contributed by atoms with E-state index in [2.05, 4.69) is 0 Å². The van der Waals surface area contributed by atoms with E-state index in [4.69, 9.17) is 32.7 Å². The van der Waals surface area contributed by atoms with E-state index in [0.717, 1.165) is 4.90 Å². The maximum Gasteiger partial charge on any atom is 0.343 e. The maximum atomic E-state index is 12.4. The summed E-state index contributed by atoms with van der Waals surface area (Å²) in [6.45, 7) is -1.09. The van der Waals surface area contributed by atoms with Gasteiger partial charge in [-0.05, 0) is 55.3 Å². The number of rotatable bonds is 7. The first-order valence-corrected chi connectivity index (χ1v) is 11.5. The fourth-order valence-electron chi connectivity index (χ4n) is 3.93. The van der Waals surface area contributed by atoms with Gasteiger partial charge in [0.1, 0.15) is 12.3 Å². The lowest BCUT2D eigenvalue weighted by molar-refractivity contribution is -0.152. The third kappa shape index (κ3) is 5.44. The molecule has 0 N–H and O–H groups in total. The first-order chi connectivity index (χ1) is 16.7. The van der Waals surface area contributed by atoms with Gasteiger partial charge in [-0.2, -0.15) is 0 Å². The van der Waals surface area contributed by atoms with E-state index in [1.807, 2.05) is 12.2 Å². The third-order valence-electron chi connectivity index (χ3n) is 5.79. The largest absolute Gasteiger partial charge is 0.456 e. The van der Waals surface area contributed by atoms with Gasteiger partial charge in [0.2, 0.25) is 11.8 Å². The zero-order valence-electron chi connectivity index (χ0n) is 18.2. The van der Waals surface area contributed by atoms with Crippen LogP contribution in [0.4, 0.5) is 0 Å². The quantitative estimate of drug-likeness (QED) is 0.181. The molecule has 2 amide bonds. The highest BCUT2D eigenvalue weighted by Crippen LogP contribution is 2.34. The summed E-state index contributed by atoms with van der Waals surface area (Å²) in [5.41, 5.74) is 0.425. The molecule has 0 radical (unpaired) electrons. The average molecular weight is 516 g/mol. The topological polar surface area (TPSA) is 107 Å². The standard InChI is InChI=1S/C25H19Cl2NO7/c26-19-10-7-15(11-20(19)27)25(33)35-16-8-5-14(6-9-16)21(29)13-34-22(30)12-28-23(31)17-3-1-2-4-18(17)24(28)32/h1-2,5-11,17-18H,3-4,12-13H2. The monoisotopic (exact) mass is 515 g/mol. The van der Waals surface area contributed by atoms with Crippen LogP contribution < -0.4 is 4.74 Å². The van der Waals surface area contributed by atoms with Crippen LogP contribution in [0.25, 0.3) is 0 Å². The number of fused-ring (bicyclic) bond motifs is 1. The molecule has 1 fully saturated rings. The van der Waals surface area contributed by atoms with Crippen LogP contribution in [0.2, 0.25) is 10.0 Å². The predicted molar refractivity (Wildman–Crippen MR) is 125 cm³/mol. The number of hydrogen-bond donors (Lipinski definition) is 0. The molecule has 0 aromatic heterocycles. The molecule has 8 nitrogen and oxygen atoms in total. The molecule has 0 spiro atoms. The number of esters is 2. The molecule has 180 valence electrons. The average Bonchev–Trinajstić information content (AvgIpc) is 3.09. The second-order valence-corrected chi connectivity index (χ2v) is 8.86. The van der Waals surface area contributed by atoms with E-state index >= 15 is 0 Å². The molecule has 1 aliphatic heterocycles. The van der Waals surface area contributed by atoms with Gasteiger partial charge in [-0.25, -0.2) is 4.79 Å². The summed E-state index contributed by atoms with van der Waals surface area (Å²) in [6, 6.07) is 9.99. The van der Waals surface area contributed by atoms with Crippen molar-refractivity contribution < 1.29 is 33.4 Å². The predicted octanol–water partition coefficient (Wildman–Crippen LogP) is 3.89. The zero-order valence-corrected chi connectivity index (χ0v) is 19.8. The number of imide groups is 1. The molecule has 1 saturated heterocycles. The molecule has 35 heavy (non-hydrogen) atoms. The van der Waals surface area contributed by atoms with Crippen molar-refractivity contribution in [2.75, 3.05) is 13.2 Å². The van der Waals surface area contributed by atoms with Crippen LogP contribution in [0, 0.1) is 11.8 Å². The number of nitrogens with zero attached hydrogens (tertiary/aromatic N) is 1. The number of Topliss-reactive ketones (excluding diaryl/α,β-unsaturated/α-hetero) is 1. The number of carbonyl (C=O) groups is 5. The van der Waals surface area contributed by atoms with E-state index in [0.29, 0.717) is 17.9 Å². The van der Waals surface area contributed by atoms with Gasteiger partial charge in [0, 0.05) is 5.56 Å². The number of halogens is 2. The Hall–Kier alpha value is -3.49. The third-order valence-corrected chi connectivity index (χ3v) is 6.53. The number of amides is 2. The van der Waals surface area contributed by atoms with Crippen molar-refractivity contribution in [2.24, 2.45) is 11.8 Å². The van der Waals surface area contributed by atoms with Crippen molar-refractivity contribution >= 4 is 52.7 Å². The van der Waals surface area contributed by atoms with Crippen molar-refractivity contribution in [1.29, 1.82) is 0 Å². The maximum absolute atomic E-state index is 12.4. The molecule has 1 heterocycles. The van der Waals surface area contributed by atoms with Crippen LogP contribution in [0.5, 0.6) is 5.75 Å². The summed E-state index contributed by atoms with van der Waals surface area (Å²) in [6.07, 6.45) is 4.65. The lowest BCUT2D eigenvalue weighted by atomic mass is 9.85. The Morgan fingerprint density at radius 2 is 1.46 bits per heavy atom. The minimum absolute atomic E-state index is 0.191. The molecule has 1 aliphatic carbocycles. The summed E-state index contributed by atoms with van der Waals surface area (Å²) in [5.74, 6) is -3.47. The van der Waals surface area contributed by atoms with Gasteiger partial charge in [0.05, 0.1) is 27.4 Å². The second kappa shape index (κ2) is 10.4. The van der Waals surface area contributed by atoms with Crippen LogP contribution in [-0.4, -0.2) is 47.6 Å². The fourth-order valence-corrected chi connectivity index (χ4v) is 4.22. The summed E-state index contributed by atoms with van der Waals surface area (Å²) >= 11 is 11.7. The van der Waals surface area contributed by atoms with Crippen molar-refractivity contribution in [1.82, 2.24) is 4.90 Å². The van der Waals surface area contributed by atoms with E-state index in [1.54, 1.807) is 0 Å². The number of likely N-dealkylation sites (tertiary alicyclic amines) is 1. The van der Waals surface area contributed by atoms with Crippen LogP contribution >= 0.6 is 23.2 Å². The van der Waals surface area contributed by atoms with E-state index < -0.39 is 54.5 Å². The van der Waals surface area contributed by atoms with Gasteiger partial charge in [0.15, 0.2) is 12.4 Å². The summed E-state index contributed by atoms with van der Waals surface area (Å²) in [5, 5.41) is 0.520. The molecule has 2 aliphatic rings. The van der Waals surface area contributed by atoms with Crippen molar-refractivity contribution in [3.63, 3.8) is 0 Å². The molecule has 0 saturated carbocycles. The lowest BCUT2D eigenvalue weighted by Gasteiger charge is -2.14. The molecular weight excluding hydrogens is 497 g/mol. The molecule has 2 atom stereocenters. The van der Waals surface area contributed by atoms with Crippen molar-refractivity contribution in [3.05, 3.63) is 75.8 Å². The van der Waals surface area contributed by atoms with E-state index in [1.165, 1.54) is 42.5 Å². The summed E-state index contributed by atoms with van der Waals surface area (Å²) in [4.78, 5) is 62.5.